The molecule has 2 aromatic heterocycles. The van der Waals surface area contributed by atoms with Gasteiger partial charge in [0.15, 0.2) is 9.88 Å². The van der Waals surface area contributed by atoms with Crippen LogP contribution in [0.2, 0.25) is 0 Å². The van der Waals surface area contributed by atoms with Crippen molar-refractivity contribution in [3.8, 4) is 22.9 Å². The second kappa shape index (κ2) is 18.5. The fraction of sp³-hybridized carbons (Fsp3) is 0.277. The molecule has 61 heavy (non-hydrogen) atoms. The summed E-state index contributed by atoms with van der Waals surface area (Å²) < 4.78 is 9.22. The Morgan fingerprint density at radius 2 is 1.34 bits per heavy atom. The molecule has 1 fully saturated rings. The molecular formula is C47H51N7O5S2. The molecule has 0 bridgehead atoms. The van der Waals surface area contributed by atoms with Gasteiger partial charge in [-0.2, -0.15) is 0 Å². The molecule has 0 radical (unpaired) electrons. The molecule has 1 saturated heterocycles. The van der Waals surface area contributed by atoms with Gasteiger partial charge in [0.2, 0.25) is 5.88 Å². The zero-order valence-electron chi connectivity index (χ0n) is 36.0. The summed E-state index contributed by atoms with van der Waals surface area (Å²) in [6.07, 6.45) is 5.73. The van der Waals surface area contributed by atoms with Gasteiger partial charge in [0.1, 0.15) is 22.6 Å². The highest BCUT2D eigenvalue weighted by Crippen LogP contribution is 2.39. The van der Waals surface area contributed by atoms with Crippen LogP contribution in [0.25, 0.3) is 33.8 Å². The van der Waals surface area contributed by atoms with E-state index in [1.54, 1.807) is 34.3 Å². The summed E-state index contributed by atoms with van der Waals surface area (Å²) in [5.74, 6) is -0.313. The number of carbonyl (C=O) groups is 2. The van der Waals surface area contributed by atoms with Gasteiger partial charge in [-0.3, -0.25) is 33.3 Å². The van der Waals surface area contributed by atoms with E-state index < -0.39 is 11.8 Å². The molecule has 0 aliphatic carbocycles. The van der Waals surface area contributed by atoms with Gasteiger partial charge in [0, 0.05) is 82.8 Å². The monoisotopic (exact) mass is 857 g/mol. The number of rotatable bonds is 9. The summed E-state index contributed by atoms with van der Waals surface area (Å²) in [6.45, 7) is 13.9. The molecule has 14 heteroatoms. The smallest absolute Gasteiger partial charge is 0.269 e. The van der Waals surface area contributed by atoms with Crippen LogP contribution in [0, 0.1) is 11.7 Å². The third-order valence-electron chi connectivity index (χ3n) is 11.0. The van der Waals surface area contributed by atoms with E-state index in [-0.39, 0.29) is 38.2 Å². The van der Waals surface area contributed by atoms with Crippen LogP contribution in [0.3, 0.4) is 0 Å². The largest absolute Gasteiger partial charge is 0.494 e. The van der Waals surface area contributed by atoms with E-state index in [9.17, 15) is 19.5 Å². The standard InChI is InChI=1S/C27H27N3O3S.C20H24N4O2S/c1-5-30(6-2)20-14-15-21-19(13-12-18-10-8-7-9-11-18)16-23(33-22(21)17-20)24-25(31)28(3)27(34)29(4)26(24)32;1-6-24(7-2)13-8-9-14-12(3)10-16(21-15(14)11-13)17-18(25)22(4)20(27)23(5)19(17)26/h7-17H,5-6H2,1-4H3;8-11,25H,6-7H2,1-5H3/b13-12+;. The normalized spacial score (nSPS) is 13.9. The van der Waals surface area contributed by atoms with Gasteiger partial charge >= 0.3 is 0 Å². The van der Waals surface area contributed by atoms with Crippen molar-refractivity contribution in [1.82, 2.24) is 23.9 Å². The molecule has 0 saturated carbocycles. The summed E-state index contributed by atoms with van der Waals surface area (Å²) in [5.41, 5.74) is 6.86. The van der Waals surface area contributed by atoms with E-state index >= 15 is 0 Å². The molecule has 2 aliphatic heterocycles. The molecule has 5 aromatic rings. The second-order valence-corrected chi connectivity index (χ2v) is 15.4. The number of anilines is 2. The van der Waals surface area contributed by atoms with Crippen LogP contribution in [-0.4, -0.2) is 86.2 Å². The lowest BCUT2D eigenvalue weighted by Crippen LogP contribution is -2.53. The third-order valence-corrected chi connectivity index (χ3v) is 12.1. The number of hydrogen-bond acceptors (Lipinski definition) is 10. The van der Waals surface area contributed by atoms with E-state index in [0.29, 0.717) is 11.4 Å². The van der Waals surface area contributed by atoms with Crippen molar-refractivity contribution in [3.05, 3.63) is 128 Å². The maximum Gasteiger partial charge on any atom is 0.269 e. The molecule has 2 aliphatic rings. The number of thiocarbonyl (C=S) groups is 1. The van der Waals surface area contributed by atoms with Crippen LogP contribution < -0.4 is 20.1 Å². The minimum absolute atomic E-state index is 0.0388. The number of carbonyl (C=O) groups excluding carboxylic acids is 2. The Balaban J connectivity index is 0.000000210. The van der Waals surface area contributed by atoms with Crippen LogP contribution in [0.5, 0.6) is 11.6 Å². The summed E-state index contributed by atoms with van der Waals surface area (Å²) in [7, 11) is 6.35. The first-order valence-electron chi connectivity index (χ1n) is 20.2. The average Bonchev–Trinajstić information content (AvgIpc) is 3.27. The highest BCUT2D eigenvalue weighted by atomic mass is 32.1. The average molecular weight is 858 g/mol. The van der Waals surface area contributed by atoms with Crippen LogP contribution >= 0.6 is 24.4 Å². The Labute approximate surface area is 366 Å². The molecule has 4 heterocycles. The maximum absolute atomic E-state index is 13.1. The first kappa shape index (κ1) is 44.2. The number of pyridine rings is 1. The molecule has 1 N–H and O–H groups in total. The Morgan fingerprint density at radius 3 is 1.95 bits per heavy atom. The van der Waals surface area contributed by atoms with Gasteiger partial charge in [0.05, 0.1) is 11.2 Å². The Kier molecular flexibility index (Phi) is 13.4. The molecule has 2 amide bonds. The van der Waals surface area contributed by atoms with Crippen molar-refractivity contribution in [3.63, 3.8) is 0 Å². The van der Waals surface area contributed by atoms with Gasteiger partial charge in [-0.1, -0.05) is 48.6 Å². The van der Waals surface area contributed by atoms with Crippen LogP contribution in [0.4, 0.5) is 11.4 Å². The predicted molar refractivity (Wildman–Crippen MR) is 251 cm³/mol. The summed E-state index contributed by atoms with van der Waals surface area (Å²) in [4.78, 5) is 50.6. The van der Waals surface area contributed by atoms with E-state index in [1.807, 2.05) is 73.7 Å². The number of hydrogen-bond donors (Lipinski definition) is 1. The lowest BCUT2D eigenvalue weighted by atomic mass is 9.97. The molecule has 7 rings (SSSR count). The van der Waals surface area contributed by atoms with Crippen molar-refractivity contribution in [2.24, 2.45) is 14.1 Å². The molecule has 316 valence electrons. The van der Waals surface area contributed by atoms with Crippen molar-refractivity contribution < 1.29 is 19.4 Å². The summed E-state index contributed by atoms with van der Waals surface area (Å²) >= 11 is 10.4. The molecular weight excluding hydrogens is 807 g/mol. The Morgan fingerprint density at radius 1 is 0.754 bits per heavy atom. The number of benzene rings is 3. The Hall–Kier alpha value is -6.38. The van der Waals surface area contributed by atoms with E-state index in [0.717, 1.165) is 70.7 Å². The fourth-order valence-corrected chi connectivity index (χ4v) is 7.73. The molecule has 0 spiro atoms. The van der Waals surface area contributed by atoms with Gasteiger partial charge < -0.3 is 19.6 Å². The van der Waals surface area contributed by atoms with Gasteiger partial charge in [0.25, 0.3) is 17.4 Å². The highest BCUT2D eigenvalue weighted by Gasteiger charge is 2.39. The third kappa shape index (κ3) is 8.64. The van der Waals surface area contributed by atoms with Gasteiger partial charge in [-0.15, -0.1) is 0 Å². The molecule has 3 aromatic carbocycles. The lowest BCUT2D eigenvalue weighted by Gasteiger charge is -2.33. The SMILES string of the molecule is CCN(CC)c1ccc2c(C)cc(-c3c(O)n(C)c(=S)n(C)c3=O)nc2c1.CCN(CC)c1ccc2c(c1)OC(=C1C(=O)N(C)C(=S)N(C)C1=O)C=C2/C=C/c1ccccc1. The number of nitrogens with zero attached hydrogens (tertiary/aromatic N) is 7. The number of amides is 2. The summed E-state index contributed by atoms with van der Waals surface area (Å²) in [6, 6.07) is 24.0. The van der Waals surface area contributed by atoms with E-state index in [4.69, 9.17) is 34.2 Å². The van der Waals surface area contributed by atoms with Crippen molar-refractivity contribution in [1.29, 1.82) is 0 Å². The first-order valence-corrected chi connectivity index (χ1v) is 21.0. The zero-order valence-corrected chi connectivity index (χ0v) is 37.6. The van der Waals surface area contributed by atoms with E-state index in [2.05, 4.69) is 55.7 Å². The van der Waals surface area contributed by atoms with Crippen molar-refractivity contribution in [2.45, 2.75) is 34.6 Å². The molecule has 0 atom stereocenters. The van der Waals surface area contributed by atoms with Crippen LogP contribution in [-0.2, 0) is 23.7 Å². The number of ether oxygens (including phenoxy) is 1. The second-order valence-electron chi connectivity index (χ2n) is 14.7. The lowest BCUT2D eigenvalue weighted by molar-refractivity contribution is -0.132. The fourth-order valence-electron chi connectivity index (χ4n) is 7.40. The Bertz CT molecular complexity index is 2740. The minimum atomic E-state index is -0.478. The van der Waals surface area contributed by atoms with Crippen molar-refractivity contribution in [2.75, 3.05) is 50.1 Å². The number of aromatic nitrogens is 3. The highest BCUT2D eigenvalue weighted by molar-refractivity contribution is 7.80. The quantitative estimate of drug-likeness (QED) is 0.0888. The van der Waals surface area contributed by atoms with Gasteiger partial charge in [-0.25, -0.2) is 4.98 Å². The summed E-state index contributed by atoms with van der Waals surface area (Å²) in [5, 5.41) is 11.7. The van der Waals surface area contributed by atoms with Gasteiger partial charge in [-0.05, 0) is 112 Å². The topological polar surface area (TPSA) is 116 Å². The number of fused-ring (bicyclic) bond motifs is 2. The zero-order chi connectivity index (χ0) is 44.3. The number of likely N-dealkylation sites (N-methyl/N-ethyl adjacent to an activating group) is 2. The predicted octanol–water partition coefficient (Wildman–Crippen LogP) is 8.02. The molecule has 0 unspecified atom stereocenters. The number of aromatic hydroxyl groups is 1. The minimum Gasteiger partial charge on any atom is -0.494 e. The van der Waals surface area contributed by atoms with Crippen LogP contribution in [0.15, 0.2) is 101 Å². The molecule has 12 nitrogen and oxygen atoms in total. The first-order chi connectivity index (χ1) is 29.1. The maximum atomic E-state index is 13.1. The van der Waals surface area contributed by atoms with E-state index in [1.165, 1.54) is 18.9 Å². The van der Waals surface area contributed by atoms with Crippen LogP contribution in [0.1, 0.15) is 44.4 Å². The number of allylic oxidation sites excluding steroid dienone is 3. The number of aryl methyl sites for hydroxylation is 1. The van der Waals surface area contributed by atoms with Crippen molar-refractivity contribution >= 4 is 75.3 Å².